The molecule has 17 heavy (non-hydrogen) atoms. The Labute approximate surface area is 102 Å². The van der Waals surface area contributed by atoms with Gasteiger partial charge in [-0.15, -0.1) is 0 Å². The maximum atomic E-state index is 11.7. The lowest BCUT2D eigenvalue weighted by Crippen LogP contribution is -2.34. The first-order valence-electron chi connectivity index (χ1n) is 6.21. The number of nitrogens with one attached hydrogen (secondary N) is 2. The largest absolute Gasteiger partial charge is 0.352 e. The average molecular weight is 233 g/mol. The van der Waals surface area contributed by atoms with E-state index in [0.717, 1.165) is 25.1 Å². The van der Waals surface area contributed by atoms with Crippen molar-refractivity contribution in [3.63, 3.8) is 0 Å². The molecular formula is C13H19N3O. The maximum absolute atomic E-state index is 11.7. The molecule has 0 saturated carbocycles. The Balaban J connectivity index is 1.70. The Kier molecular flexibility index (Phi) is 4.50. The van der Waals surface area contributed by atoms with Crippen molar-refractivity contribution in [2.75, 3.05) is 13.1 Å². The van der Waals surface area contributed by atoms with Crippen molar-refractivity contribution in [3.8, 4) is 0 Å². The molecule has 0 aliphatic carbocycles. The van der Waals surface area contributed by atoms with Crippen LogP contribution in [0.1, 0.15) is 24.8 Å². The monoisotopic (exact) mass is 233 g/mol. The van der Waals surface area contributed by atoms with Gasteiger partial charge in [0.2, 0.25) is 5.91 Å². The normalized spacial score (nSPS) is 19.9. The number of nitrogens with zero attached hydrogens (tertiary/aromatic N) is 1. The molecule has 1 fully saturated rings. The number of pyridine rings is 1. The molecule has 4 heteroatoms. The first kappa shape index (κ1) is 12.0. The number of carbonyl (C=O) groups excluding carboxylic acids is 1. The number of hydrogen-bond acceptors (Lipinski definition) is 3. The van der Waals surface area contributed by atoms with E-state index in [1.54, 1.807) is 12.4 Å². The van der Waals surface area contributed by atoms with E-state index in [0.29, 0.717) is 18.9 Å². The van der Waals surface area contributed by atoms with Gasteiger partial charge in [-0.1, -0.05) is 0 Å². The number of carbonyl (C=O) groups is 1. The van der Waals surface area contributed by atoms with Crippen molar-refractivity contribution in [1.82, 2.24) is 15.6 Å². The molecule has 1 saturated heterocycles. The number of amides is 1. The summed E-state index contributed by atoms with van der Waals surface area (Å²) >= 11 is 0. The van der Waals surface area contributed by atoms with Gasteiger partial charge in [0.05, 0.1) is 0 Å². The number of rotatable bonds is 4. The minimum atomic E-state index is 0.149. The standard InChI is InChI=1S/C13H19N3O/c17-13(8-12-2-1-5-15-9-12)16-10-11-3-6-14-7-4-11/h3-4,6-7,12,15H,1-2,5,8-10H2,(H,16,17). The molecule has 2 heterocycles. The van der Waals surface area contributed by atoms with E-state index in [1.807, 2.05) is 12.1 Å². The van der Waals surface area contributed by atoms with E-state index in [9.17, 15) is 4.79 Å². The van der Waals surface area contributed by atoms with Crippen molar-refractivity contribution in [1.29, 1.82) is 0 Å². The third-order valence-electron chi connectivity index (χ3n) is 3.11. The molecule has 4 nitrogen and oxygen atoms in total. The van der Waals surface area contributed by atoms with Gasteiger partial charge in [0.15, 0.2) is 0 Å². The van der Waals surface area contributed by atoms with Gasteiger partial charge in [0.25, 0.3) is 0 Å². The third kappa shape index (κ3) is 4.15. The van der Waals surface area contributed by atoms with Crippen LogP contribution in [-0.2, 0) is 11.3 Å². The second-order valence-corrected chi connectivity index (χ2v) is 4.55. The highest BCUT2D eigenvalue weighted by molar-refractivity contribution is 5.76. The van der Waals surface area contributed by atoms with Crippen LogP contribution in [0.3, 0.4) is 0 Å². The van der Waals surface area contributed by atoms with Crippen LogP contribution in [0.4, 0.5) is 0 Å². The van der Waals surface area contributed by atoms with Gasteiger partial charge in [-0.2, -0.15) is 0 Å². The van der Waals surface area contributed by atoms with E-state index in [1.165, 1.54) is 6.42 Å². The Morgan fingerprint density at radius 2 is 2.29 bits per heavy atom. The van der Waals surface area contributed by atoms with Gasteiger partial charge in [0.1, 0.15) is 0 Å². The zero-order chi connectivity index (χ0) is 11.9. The van der Waals surface area contributed by atoms with E-state index in [2.05, 4.69) is 15.6 Å². The van der Waals surface area contributed by atoms with Gasteiger partial charge in [-0.05, 0) is 49.5 Å². The summed E-state index contributed by atoms with van der Waals surface area (Å²) in [5.41, 5.74) is 1.09. The van der Waals surface area contributed by atoms with Crippen LogP contribution in [0.5, 0.6) is 0 Å². The predicted molar refractivity (Wildman–Crippen MR) is 66.3 cm³/mol. The summed E-state index contributed by atoms with van der Waals surface area (Å²) in [5.74, 6) is 0.650. The molecule has 1 unspecified atom stereocenters. The zero-order valence-electron chi connectivity index (χ0n) is 9.98. The molecule has 0 radical (unpaired) electrons. The highest BCUT2D eigenvalue weighted by Gasteiger charge is 2.16. The van der Waals surface area contributed by atoms with Gasteiger partial charge in [-0.3, -0.25) is 9.78 Å². The molecule has 1 amide bonds. The molecule has 1 aliphatic rings. The van der Waals surface area contributed by atoms with E-state index in [-0.39, 0.29) is 5.91 Å². The Morgan fingerprint density at radius 1 is 1.47 bits per heavy atom. The first-order chi connectivity index (χ1) is 8.34. The summed E-state index contributed by atoms with van der Waals surface area (Å²) in [7, 11) is 0. The topological polar surface area (TPSA) is 54.0 Å². The van der Waals surface area contributed by atoms with Crippen LogP contribution in [0, 0.1) is 5.92 Å². The number of aromatic nitrogens is 1. The summed E-state index contributed by atoms with van der Waals surface area (Å²) in [6.45, 7) is 2.67. The van der Waals surface area contributed by atoms with Gasteiger partial charge < -0.3 is 10.6 Å². The predicted octanol–water partition coefficient (Wildman–Crippen LogP) is 1.09. The fraction of sp³-hybridized carbons (Fsp3) is 0.538. The Hall–Kier alpha value is -1.42. The minimum Gasteiger partial charge on any atom is -0.352 e. The second kappa shape index (κ2) is 6.35. The van der Waals surface area contributed by atoms with E-state index < -0.39 is 0 Å². The molecule has 2 rings (SSSR count). The SMILES string of the molecule is O=C(CC1CCCNC1)NCc1ccncc1. The Bertz CT molecular complexity index is 347. The Morgan fingerprint density at radius 3 is 3.00 bits per heavy atom. The van der Waals surface area contributed by atoms with Crippen molar-refractivity contribution in [3.05, 3.63) is 30.1 Å². The van der Waals surface area contributed by atoms with Crippen molar-refractivity contribution >= 4 is 5.91 Å². The van der Waals surface area contributed by atoms with E-state index in [4.69, 9.17) is 0 Å². The number of piperidine rings is 1. The summed E-state index contributed by atoms with van der Waals surface area (Å²) in [5, 5.41) is 6.28. The lowest BCUT2D eigenvalue weighted by molar-refractivity contribution is -0.122. The molecule has 2 N–H and O–H groups in total. The first-order valence-corrected chi connectivity index (χ1v) is 6.21. The maximum Gasteiger partial charge on any atom is 0.220 e. The lowest BCUT2D eigenvalue weighted by Gasteiger charge is -2.22. The molecule has 0 aromatic carbocycles. The minimum absolute atomic E-state index is 0.149. The van der Waals surface area contributed by atoms with Crippen molar-refractivity contribution in [2.24, 2.45) is 5.92 Å². The molecule has 0 spiro atoms. The summed E-state index contributed by atoms with van der Waals surface area (Å²) in [4.78, 5) is 15.7. The molecule has 1 aromatic heterocycles. The smallest absolute Gasteiger partial charge is 0.220 e. The van der Waals surface area contributed by atoms with Crippen molar-refractivity contribution < 1.29 is 4.79 Å². The summed E-state index contributed by atoms with van der Waals surface area (Å²) in [6, 6.07) is 3.84. The van der Waals surface area contributed by atoms with Crippen LogP contribution in [0.2, 0.25) is 0 Å². The van der Waals surface area contributed by atoms with Crippen LogP contribution in [-0.4, -0.2) is 24.0 Å². The van der Waals surface area contributed by atoms with Crippen LogP contribution >= 0.6 is 0 Å². The highest BCUT2D eigenvalue weighted by Crippen LogP contribution is 2.13. The molecule has 1 atom stereocenters. The molecule has 1 aromatic rings. The molecule has 1 aliphatic heterocycles. The average Bonchev–Trinajstić information content (AvgIpc) is 2.39. The van der Waals surface area contributed by atoms with Crippen molar-refractivity contribution in [2.45, 2.75) is 25.8 Å². The highest BCUT2D eigenvalue weighted by atomic mass is 16.1. The van der Waals surface area contributed by atoms with Crippen LogP contribution in [0.15, 0.2) is 24.5 Å². The quantitative estimate of drug-likeness (QED) is 0.818. The molecule has 92 valence electrons. The third-order valence-corrected chi connectivity index (χ3v) is 3.11. The summed E-state index contributed by atoms with van der Waals surface area (Å²) in [6.07, 6.45) is 6.47. The zero-order valence-corrected chi connectivity index (χ0v) is 9.98. The fourth-order valence-electron chi connectivity index (χ4n) is 2.13. The second-order valence-electron chi connectivity index (χ2n) is 4.55. The van der Waals surface area contributed by atoms with Crippen LogP contribution < -0.4 is 10.6 Å². The molecular weight excluding hydrogens is 214 g/mol. The van der Waals surface area contributed by atoms with Gasteiger partial charge >= 0.3 is 0 Å². The lowest BCUT2D eigenvalue weighted by atomic mass is 9.96. The van der Waals surface area contributed by atoms with Gasteiger partial charge in [-0.25, -0.2) is 0 Å². The summed E-state index contributed by atoms with van der Waals surface area (Å²) < 4.78 is 0. The van der Waals surface area contributed by atoms with Crippen LogP contribution in [0.25, 0.3) is 0 Å². The molecule has 0 bridgehead atoms. The van der Waals surface area contributed by atoms with E-state index >= 15 is 0 Å². The number of hydrogen-bond donors (Lipinski definition) is 2. The fourth-order valence-corrected chi connectivity index (χ4v) is 2.13. The van der Waals surface area contributed by atoms with Gasteiger partial charge in [0, 0.05) is 25.4 Å².